The van der Waals surface area contributed by atoms with Crippen molar-refractivity contribution >= 4 is 27.5 Å². The van der Waals surface area contributed by atoms with Crippen LogP contribution in [0.1, 0.15) is 5.69 Å². The minimum atomic E-state index is -0.310. The molecule has 0 atom stereocenters. The van der Waals surface area contributed by atoms with Gasteiger partial charge >= 0.3 is 0 Å². The number of hydrogen-bond donors (Lipinski definition) is 0. The normalized spacial score (nSPS) is 10.6. The Morgan fingerprint density at radius 1 is 1.47 bits per heavy atom. The number of nitrogens with zero attached hydrogens (tertiary/aromatic N) is 1. The minimum absolute atomic E-state index is 0.294. The summed E-state index contributed by atoms with van der Waals surface area (Å²) in [6, 6.07) is 4.31. The molecule has 0 fully saturated rings. The van der Waals surface area contributed by atoms with Gasteiger partial charge in [-0.1, -0.05) is 0 Å². The lowest BCUT2D eigenvalue weighted by atomic mass is 10.2. The van der Waals surface area contributed by atoms with E-state index < -0.39 is 0 Å². The lowest BCUT2D eigenvalue weighted by Gasteiger charge is -1.98. The number of benzene rings is 1. The summed E-state index contributed by atoms with van der Waals surface area (Å²) >= 11 is 8.84. The number of aromatic nitrogens is 1. The van der Waals surface area contributed by atoms with Gasteiger partial charge in [-0.15, -0.1) is 11.6 Å². The maximum absolute atomic E-state index is 12.8. The maximum Gasteiger partial charge on any atom is 0.227 e. The van der Waals surface area contributed by atoms with Crippen molar-refractivity contribution in [3.8, 4) is 11.5 Å². The summed E-state index contributed by atoms with van der Waals surface area (Å²) in [6.45, 7) is 0. The SMILES string of the molecule is Fc1ccc(-c2nc(CCl)co2)c(Br)c1. The average molecular weight is 291 g/mol. The molecule has 0 saturated carbocycles. The molecule has 0 saturated heterocycles. The van der Waals surface area contributed by atoms with Crippen LogP contribution in [0.25, 0.3) is 11.5 Å². The fourth-order valence-electron chi connectivity index (χ4n) is 1.15. The fraction of sp³-hybridized carbons (Fsp3) is 0.100. The molecule has 78 valence electrons. The highest BCUT2D eigenvalue weighted by Gasteiger charge is 2.10. The van der Waals surface area contributed by atoms with E-state index in [0.717, 1.165) is 0 Å². The molecular formula is C10H6BrClFNO. The van der Waals surface area contributed by atoms with Crippen LogP contribution in [0.3, 0.4) is 0 Å². The minimum Gasteiger partial charge on any atom is -0.444 e. The first-order chi connectivity index (χ1) is 7.20. The van der Waals surface area contributed by atoms with Crippen LogP contribution in [0.15, 0.2) is 33.4 Å². The first-order valence-electron chi connectivity index (χ1n) is 4.16. The second-order valence-corrected chi connectivity index (χ2v) is 4.02. The molecule has 0 aliphatic rings. The van der Waals surface area contributed by atoms with E-state index in [0.29, 0.717) is 27.5 Å². The number of oxazole rings is 1. The van der Waals surface area contributed by atoms with Crippen molar-refractivity contribution in [2.45, 2.75) is 5.88 Å². The number of alkyl halides is 1. The largest absolute Gasteiger partial charge is 0.444 e. The highest BCUT2D eigenvalue weighted by Crippen LogP contribution is 2.28. The molecule has 2 nitrogen and oxygen atoms in total. The van der Waals surface area contributed by atoms with Gasteiger partial charge in [-0.25, -0.2) is 9.37 Å². The van der Waals surface area contributed by atoms with Crippen molar-refractivity contribution in [2.24, 2.45) is 0 Å². The van der Waals surface area contributed by atoms with Gasteiger partial charge in [-0.05, 0) is 34.1 Å². The molecule has 0 unspecified atom stereocenters. The van der Waals surface area contributed by atoms with Crippen LogP contribution in [0.4, 0.5) is 4.39 Å². The Morgan fingerprint density at radius 2 is 2.27 bits per heavy atom. The van der Waals surface area contributed by atoms with Gasteiger partial charge in [0.1, 0.15) is 12.1 Å². The quantitative estimate of drug-likeness (QED) is 0.782. The summed E-state index contributed by atoms with van der Waals surface area (Å²) in [5, 5.41) is 0. The maximum atomic E-state index is 12.8. The van der Waals surface area contributed by atoms with E-state index in [1.807, 2.05) is 0 Å². The third-order valence-corrected chi connectivity index (χ3v) is 2.78. The van der Waals surface area contributed by atoms with Crippen molar-refractivity contribution in [3.63, 3.8) is 0 Å². The Hall–Kier alpha value is -0.870. The Labute approximate surface area is 99.2 Å². The van der Waals surface area contributed by atoms with Crippen molar-refractivity contribution < 1.29 is 8.81 Å². The molecule has 0 aliphatic carbocycles. The molecule has 5 heteroatoms. The Morgan fingerprint density at radius 3 is 2.87 bits per heavy atom. The van der Waals surface area contributed by atoms with Gasteiger partial charge in [0, 0.05) is 4.47 Å². The first kappa shape index (κ1) is 10.6. The Kier molecular flexibility index (Phi) is 3.07. The molecule has 1 heterocycles. The zero-order valence-corrected chi connectivity index (χ0v) is 9.85. The number of hydrogen-bond acceptors (Lipinski definition) is 2. The van der Waals surface area contributed by atoms with Gasteiger partial charge in [0.2, 0.25) is 5.89 Å². The zero-order chi connectivity index (χ0) is 10.8. The third-order valence-electron chi connectivity index (χ3n) is 1.85. The van der Waals surface area contributed by atoms with Crippen LogP contribution in [0.5, 0.6) is 0 Å². The van der Waals surface area contributed by atoms with Gasteiger partial charge < -0.3 is 4.42 Å². The monoisotopic (exact) mass is 289 g/mol. The van der Waals surface area contributed by atoms with E-state index in [1.54, 1.807) is 6.07 Å². The smallest absolute Gasteiger partial charge is 0.227 e. The molecule has 2 aromatic rings. The van der Waals surface area contributed by atoms with Gasteiger partial charge in [0.15, 0.2) is 0 Å². The van der Waals surface area contributed by atoms with Crippen molar-refractivity contribution in [1.29, 1.82) is 0 Å². The van der Waals surface area contributed by atoms with Crippen LogP contribution >= 0.6 is 27.5 Å². The standard InChI is InChI=1S/C10H6BrClFNO/c11-9-3-6(13)1-2-8(9)10-14-7(4-12)5-15-10/h1-3,5H,4H2. The van der Waals surface area contributed by atoms with Crippen molar-refractivity contribution in [3.05, 3.63) is 40.4 Å². The molecule has 1 aromatic carbocycles. The molecule has 0 N–H and O–H groups in total. The highest BCUT2D eigenvalue weighted by molar-refractivity contribution is 9.10. The topological polar surface area (TPSA) is 26.0 Å². The molecule has 0 bridgehead atoms. The summed E-state index contributed by atoms with van der Waals surface area (Å²) in [5.74, 6) is 0.412. The van der Waals surface area contributed by atoms with Crippen LogP contribution < -0.4 is 0 Å². The predicted octanol–water partition coefficient (Wildman–Crippen LogP) is 3.98. The molecule has 15 heavy (non-hydrogen) atoms. The van der Waals surface area contributed by atoms with Gasteiger partial charge in [-0.3, -0.25) is 0 Å². The van der Waals surface area contributed by atoms with E-state index in [9.17, 15) is 4.39 Å². The molecule has 0 aliphatic heterocycles. The molecular weight excluding hydrogens is 284 g/mol. The van der Waals surface area contributed by atoms with Gasteiger partial charge in [0.25, 0.3) is 0 Å². The van der Waals surface area contributed by atoms with E-state index >= 15 is 0 Å². The number of halogens is 3. The van der Waals surface area contributed by atoms with E-state index in [1.165, 1.54) is 18.4 Å². The molecule has 0 spiro atoms. The molecule has 0 radical (unpaired) electrons. The predicted molar refractivity (Wildman–Crippen MR) is 59.2 cm³/mol. The van der Waals surface area contributed by atoms with Crippen LogP contribution in [0.2, 0.25) is 0 Å². The summed E-state index contributed by atoms with van der Waals surface area (Å²) in [4.78, 5) is 4.14. The van der Waals surface area contributed by atoms with Crippen molar-refractivity contribution in [1.82, 2.24) is 4.98 Å². The van der Waals surface area contributed by atoms with Crippen LogP contribution in [-0.4, -0.2) is 4.98 Å². The lowest BCUT2D eigenvalue weighted by molar-refractivity contribution is 0.572. The molecule has 2 rings (SSSR count). The van der Waals surface area contributed by atoms with Gasteiger partial charge in [-0.2, -0.15) is 0 Å². The summed E-state index contributed by atoms with van der Waals surface area (Å²) in [6.07, 6.45) is 1.48. The molecule has 0 amide bonds. The summed E-state index contributed by atoms with van der Waals surface area (Å²) in [7, 11) is 0. The van der Waals surface area contributed by atoms with E-state index in [-0.39, 0.29) is 5.82 Å². The highest BCUT2D eigenvalue weighted by atomic mass is 79.9. The Balaban J connectivity index is 2.44. The van der Waals surface area contributed by atoms with Crippen LogP contribution in [0, 0.1) is 5.82 Å². The Bertz CT molecular complexity index is 486. The fourth-order valence-corrected chi connectivity index (χ4v) is 1.80. The molecule has 1 aromatic heterocycles. The second kappa shape index (κ2) is 4.33. The average Bonchev–Trinajstić information content (AvgIpc) is 2.66. The second-order valence-electron chi connectivity index (χ2n) is 2.90. The zero-order valence-electron chi connectivity index (χ0n) is 7.51. The summed E-state index contributed by atoms with van der Waals surface area (Å²) in [5.41, 5.74) is 1.36. The first-order valence-corrected chi connectivity index (χ1v) is 5.49. The van der Waals surface area contributed by atoms with E-state index in [2.05, 4.69) is 20.9 Å². The number of rotatable bonds is 2. The van der Waals surface area contributed by atoms with Crippen molar-refractivity contribution in [2.75, 3.05) is 0 Å². The third kappa shape index (κ3) is 2.21. The van der Waals surface area contributed by atoms with E-state index in [4.69, 9.17) is 16.0 Å². The summed E-state index contributed by atoms with van der Waals surface area (Å²) < 4.78 is 18.6. The van der Waals surface area contributed by atoms with Gasteiger partial charge in [0.05, 0.1) is 17.1 Å². The lowest BCUT2D eigenvalue weighted by Crippen LogP contribution is -1.83. The van der Waals surface area contributed by atoms with Crippen LogP contribution in [-0.2, 0) is 5.88 Å².